The van der Waals surface area contributed by atoms with Crippen molar-refractivity contribution in [1.82, 2.24) is 19.6 Å². The normalized spacial score (nSPS) is 13.2. The van der Waals surface area contributed by atoms with E-state index < -0.39 is 17.5 Å². The lowest BCUT2D eigenvalue weighted by Gasteiger charge is -2.30. The molecule has 138 valence electrons. The first-order chi connectivity index (χ1) is 12.1. The molecule has 26 heavy (non-hydrogen) atoms. The van der Waals surface area contributed by atoms with Crippen LogP contribution in [-0.4, -0.2) is 25.6 Å². The third-order valence-electron chi connectivity index (χ3n) is 4.31. The zero-order chi connectivity index (χ0) is 19.2. The Balaban J connectivity index is 2.30. The van der Waals surface area contributed by atoms with Gasteiger partial charge in [-0.05, 0) is 18.4 Å². The number of hydrogen-bond acceptors (Lipinski definition) is 4. The van der Waals surface area contributed by atoms with Crippen molar-refractivity contribution in [2.24, 2.45) is 5.41 Å². The fourth-order valence-electron chi connectivity index (χ4n) is 2.32. The molecule has 1 N–H and O–H groups in total. The monoisotopic (exact) mass is 383 g/mol. The Bertz CT molecular complexity index is 981. The molecule has 2 aromatic heterocycles. The summed E-state index contributed by atoms with van der Waals surface area (Å²) in [5.74, 6) is -2.94. The highest BCUT2D eigenvalue weighted by Crippen LogP contribution is 2.37. The van der Waals surface area contributed by atoms with Crippen LogP contribution in [-0.2, 0) is 0 Å². The number of fused-ring (bicyclic) bond motifs is 1. The van der Waals surface area contributed by atoms with Crippen molar-refractivity contribution in [2.75, 3.05) is 5.32 Å². The van der Waals surface area contributed by atoms with Crippen molar-refractivity contribution in [1.29, 1.82) is 0 Å². The first-order valence-electron chi connectivity index (χ1n) is 7.90. The predicted octanol–water partition coefficient (Wildman–Crippen LogP) is 4.71. The van der Waals surface area contributed by atoms with E-state index in [2.05, 4.69) is 20.4 Å². The van der Waals surface area contributed by atoms with Gasteiger partial charge in [0.2, 0.25) is 0 Å². The van der Waals surface area contributed by atoms with Gasteiger partial charge in [0, 0.05) is 17.7 Å². The van der Waals surface area contributed by atoms with E-state index in [1.165, 1.54) is 10.8 Å². The van der Waals surface area contributed by atoms with Gasteiger partial charge in [-0.3, -0.25) is 0 Å². The van der Waals surface area contributed by atoms with Crippen LogP contribution in [0.1, 0.15) is 27.7 Å². The highest BCUT2D eigenvalue weighted by atomic mass is 35.5. The molecule has 1 unspecified atom stereocenters. The van der Waals surface area contributed by atoms with E-state index in [-0.39, 0.29) is 33.5 Å². The molecule has 0 aliphatic rings. The zero-order valence-electron chi connectivity index (χ0n) is 14.6. The Morgan fingerprint density at radius 1 is 1.12 bits per heavy atom. The van der Waals surface area contributed by atoms with E-state index in [4.69, 9.17) is 11.6 Å². The van der Waals surface area contributed by atoms with Crippen LogP contribution < -0.4 is 5.32 Å². The molecule has 1 aromatic carbocycles. The lowest BCUT2D eigenvalue weighted by atomic mass is 9.88. The maximum absolute atomic E-state index is 14.4. The third-order valence-corrected chi connectivity index (χ3v) is 4.59. The van der Waals surface area contributed by atoms with Gasteiger partial charge in [0.25, 0.3) is 5.78 Å². The molecule has 2 heterocycles. The highest BCUT2D eigenvalue weighted by molar-refractivity contribution is 6.33. The summed E-state index contributed by atoms with van der Waals surface area (Å²) >= 11 is 6.25. The van der Waals surface area contributed by atoms with Crippen molar-refractivity contribution >= 4 is 23.2 Å². The molecule has 0 amide bonds. The summed E-state index contributed by atoms with van der Waals surface area (Å²) in [7, 11) is 0. The largest absolute Gasteiger partial charge is 0.366 e. The summed E-state index contributed by atoms with van der Waals surface area (Å²) in [6.45, 7) is 7.99. The quantitative estimate of drug-likeness (QED) is 0.525. The van der Waals surface area contributed by atoms with E-state index in [1.54, 1.807) is 0 Å². The fraction of sp³-hybridized carbons (Fsp3) is 0.353. The topological polar surface area (TPSA) is 55.1 Å². The summed E-state index contributed by atoms with van der Waals surface area (Å²) in [4.78, 5) is 8.05. The molecule has 3 aromatic rings. The zero-order valence-corrected chi connectivity index (χ0v) is 15.4. The minimum absolute atomic E-state index is 0.0807. The van der Waals surface area contributed by atoms with Gasteiger partial charge in [0.1, 0.15) is 23.1 Å². The molecular weight excluding hydrogens is 367 g/mol. The van der Waals surface area contributed by atoms with Crippen LogP contribution in [0.2, 0.25) is 5.15 Å². The van der Waals surface area contributed by atoms with Crippen LogP contribution in [0.25, 0.3) is 16.9 Å². The van der Waals surface area contributed by atoms with Crippen molar-refractivity contribution in [3.63, 3.8) is 0 Å². The van der Waals surface area contributed by atoms with E-state index in [9.17, 15) is 13.2 Å². The van der Waals surface area contributed by atoms with Gasteiger partial charge in [-0.25, -0.2) is 13.2 Å². The Morgan fingerprint density at radius 2 is 1.77 bits per heavy atom. The van der Waals surface area contributed by atoms with Crippen molar-refractivity contribution in [3.05, 3.63) is 41.1 Å². The number of halogens is 4. The molecule has 5 nitrogen and oxygen atoms in total. The molecule has 9 heteroatoms. The predicted molar refractivity (Wildman–Crippen MR) is 93.6 cm³/mol. The minimum Gasteiger partial charge on any atom is -0.366 e. The van der Waals surface area contributed by atoms with Crippen LogP contribution in [0.3, 0.4) is 0 Å². The lowest BCUT2D eigenvalue weighted by Crippen LogP contribution is -2.32. The maximum atomic E-state index is 14.4. The first-order valence-corrected chi connectivity index (χ1v) is 8.28. The molecule has 0 spiro atoms. The third kappa shape index (κ3) is 3.21. The molecule has 0 bridgehead atoms. The smallest absolute Gasteiger partial charge is 0.255 e. The first kappa shape index (κ1) is 18.4. The molecule has 0 aliphatic carbocycles. The maximum Gasteiger partial charge on any atom is 0.255 e. The molecule has 0 saturated heterocycles. The highest BCUT2D eigenvalue weighted by Gasteiger charge is 2.26. The molecule has 0 aliphatic heterocycles. The summed E-state index contributed by atoms with van der Waals surface area (Å²) in [6, 6.07) is 1.13. The average Bonchev–Trinajstić information content (AvgIpc) is 2.98. The average molecular weight is 384 g/mol. The second kappa shape index (κ2) is 6.42. The van der Waals surface area contributed by atoms with Crippen LogP contribution >= 0.6 is 11.6 Å². The van der Waals surface area contributed by atoms with E-state index in [0.717, 1.165) is 6.07 Å². The molecule has 3 rings (SSSR count). The molecule has 0 radical (unpaired) electrons. The van der Waals surface area contributed by atoms with Crippen molar-refractivity contribution in [3.8, 4) is 11.1 Å². The van der Waals surface area contributed by atoms with Crippen LogP contribution in [0.15, 0.2) is 18.5 Å². The standard InChI is InChI=1S/C17H17ClF3N5/c1-8(17(2,3)4)24-15-13(9-5-11(20)12(21)6-10(9)19)14(18)25-16-22-7-23-26(15)16/h5-8,24H,1-4H3. The number of nitrogens with zero attached hydrogens (tertiary/aromatic N) is 4. The lowest BCUT2D eigenvalue weighted by molar-refractivity contribution is 0.358. The summed E-state index contributed by atoms with van der Waals surface area (Å²) in [5, 5.41) is 7.22. The number of benzene rings is 1. The second-order valence-corrected chi connectivity index (χ2v) is 7.43. The Kier molecular flexibility index (Phi) is 4.56. The van der Waals surface area contributed by atoms with Gasteiger partial charge < -0.3 is 5.32 Å². The van der Waals surface area contributed by atoms with Crippen molar-refractivity contribution < 1.29 is 13.2 Å². The van der Waals surface area contributed by atoms with Gasteiger partial charge in [-0.1, -0.05) is 32.4 Å². The van der Waals surface area contributed by atoms with E-state index in [1.807, 2.05) is 27.7 Å². The Morgan fingerprint density at radius 3 is 2.42 bits per heavy atom. The molecule has 0 fully saturated rings. The van der Waals surface area contributed by atoms with Crippen LogP contribution in [0.5, 0.6) is 0 Å². The molecule has 1 atom stereocenters. The minimum atomic E-state index is -1.28. The van der Waals surface area contributed by atoms with Gasteiger partial charge in [-0.2, -0.15) is 19.6 Å². The summed E-state index contributed by atoms with van der Waals surface area (Å²) in [6.07, 6.45) is 1.27. The fourth-order valence-corrected chi connectivity index (χ4v) is 2.59. The van der Waals surface area contributed by atoms with Gasteiger partial charge in [0.15, 0.2) is 11.6 Å². The van der Waals surface area contributed by atoms with Gasteiger partial charge >= 0.3 is 0 Å². The number of rotatable bonds is 3. The summed E-state index contributed by atoms with van der Waals surface area (Å²) < 4.78 is 42.9. The van der Waals surface area contributed by atoms with E-state index in [0.29, 0.717) is 11.9 Å². The number of nitrogens with one attached hydrogen (secondary N) is 1. The van der Waals surface area contributed by atoms with Gasteiger partial charge in [-0.15, -0.1) is 0 Å². The van der Waals surface area contributed by atoms with Crippen LogP contribution in [0.4, 0.5) is 19.0 Å². The Hall–Kier alpha value is -2.35. The molecular formula is C17H17ClF3N5. The number of aromatic nitrogens is 4. The van der Waals surface area contributed by atoms with Crippen LogP contribution in [0, 0.1) is 22.9 Å². The van der Waals surface area contributed by atoms with Crippen molar-refractivity contribution in [2.45, 2.75) is 33.7 Å². The second-order valence-electron chi connectivity index (χ2n) is 7.08. The Labute approximate surface area is 153 Å². The SMILES string of the molecule is CC(Nc1c(-c2cc(F)c(F)cc2F)c(Cl)nc2ncnn12)C(C)(C)C. The van der Waals surface area contributed by atoms with Gasteiger partial charge in [0.05, 0.1) is 5.56 Å². The number of anilines is 1. The summed E-state index contributed by atoms with van der Waals surface area (Å²) in [5.41, 5.74) is -0.299. The molecule has 0 saturated carbocycles. The number of hydrogen-bond donors (Lipinski definition) is 1. The van der Waals surface area contributed by atoms with E-state index >= 15 is 0 Å².